The van der Waals surface area contributed by atoms with Gasteiger partial charge in [0.25, 0.3) is 0 Å². The predicted octanol–water partition coefficient (Wildman–Crippen LogP) is 3.39. The Hall–Kier alpha value is -0.610. The largest absolute Gasteiger partial charge is 0.490 e. The van der Waals surface area contributed by atoms with Crippen molar-refractivity contribution in [2.45, 2.75) is 12.8 Å². The molecule has 1 heterocycles. The van der Waals surface area contributed by atoms with Gasteiger partial charge in [-0.1, -0.05) is 6.07 Å². The zero-order valence-electron chi connectivity index (χ0n) is 8.92. The van der Waals surface area contributed by atoms with Crippen LogP contribution in [0, 0.1) is 11.7 Å². The summed E-state index contributed by atoms with van der Waals surface area (Å²) in [6.45, 7) is 2.14. The van der Waals surface area contributed by atoms with Crippen LogP contribution in [0.3, 0.4) is 0 Å². The van der Waals surface area contributed by atoms with Crippen molar-refractivity contribution in [3.05, 3.63) is 28.5 Å². The molecule has 0 spiro atoms. The van der Waals surface area contributed by atoms with Gasteiger partial charge >= 0.3 is 0 Å². The molecule has 1 aromatic rings. The quantitative estimate of drug-likeness (QED) is 0.849. The van der Waals surface area contributed by atoms with E-state index in [4.69, 9.17) is 9.47 Å². The first-order chi connectivity index (χ1) is 7.77. The van der Waals surface area contributed by atoms with Crippen LogP contribution in [0.25, 0.3) is 0 Å². The minimum Gasteiger partial charge on any atom is -0.490 e. The maximum atomic E-state index is 13.6. The third-order valence-corrected chi connectivity index (χ3v) is 3.34. The molecule has 16 heavy (non-hydrogen) atoms. The summed E-state index contributed by atoms with van der Waals surface area (Å²) < 4.78 is 24.8. The number of hydrogen-bond donors (Lipinski definition) is 0. The fraction of sp³-hybridized carbons (Fsp3) is 0.500. The topological polar surface area (TPSA) is 18.5 Å². The van der Waals surface area contributed by atoms with E-state index in [1.165, 1.54) is 0 Å². The van der Waals surface area contributed by atoms with Crippen molar-refractivity contribution in [2.75, 3.05) is 19.8 Å². The van der Waals surface area contributed by atoms with Crippen molar-refractivity contribution in [3.8, 4) is 5.75 Å². The summed E-state index contributed by atoms with van der Waals surface area (Å²) in [5, 5.41) is 0. The molecule has 1 aliphatic heterocycles. The Morgan fingerprint density at radius 1 is 1.38 bits per heavy atom. The lowest BCUT2D eigenvalue weighted by molar-refractivity contribution is 0.0491. The number of benzene rings is 1. The first-order valence-electron chi connectivity index (χ1n) is 5.42. The average Bonchev–Trinajstić information content (AvgIpc) is 2.32. The van der Waals surface area contributed by atoms with Crippen molar-refractivity contribution < 1.29 is 13.9 Å². The molecule has 0 unspecified atom stereocenters. The van der Waals surface area contributed by atoms with Crippen LogP contribution in [0.4, 0.5) is 4.39 Å². The fourth-order valence-electron chi connectivity index (χ4n) is 1.72. The Morgan fingerprint density at radius 3 is 2.88 bits per heavy atom. The molecule has 1 aromatic carbocycles. The second kappa shape index (κ2) is 5.64. The fourth-order valence-corrected chi connectivity index (χ4v) is 2.06. The molecule has 1 fully saturated rings. The summed E-state index contributed by atoms with van der Waals surface area (Å²) in [5.41, 5.74) is 0. The maximum Gasteiger partial charge on any atom is 0.179 e. The van der Waals surface area contributed by atoms with Crippen LogP contribution in [0.15, 0.2) is 22.7 Å². The number of hydrogen-bond acceptors (Lipinski definition) is 2. The molecule has 4 heteroatoms. The first kappa shape index (κ1) is 11.9. The van der Waals surface area contributed by atoms with Crippen LogP contribution in [-0.2, 0) is 4.74 Å². The van der Waals surface area contributed by atoms with Crippen LogP contribution >= 0.6 is 15.9 Å². The van der Waals surface area contributed by atoms with E-state index in [2.05, 4.69) is 15.9 Å². The van der Waals surface area contributed by atoms with Crippen LogP contribution < -0.4 is 4.74 Å². The van der Waals surface area contributed by atoms with Crippen molar-refractivity contribution >= 4 is 15.9 Å². The van der Waals surface area contributed by atoms with E-state index >= 15 is 0 Å². The van der Waals surface area contributed by atoms with Gasteiger partial charge in [0.15, 0.2) is 11.6 Å². The molecule has 2 nitrogen and oxygen atoms in total. The number of ether oxygens (including phenoxy) is 2. The molecule has 1 saturated heterocycles. The summed E-state index contributed by atoms with van der Waals surface area (Å²) in [6, 6.07) is 5.09. The Labute approximate surface area is 103 Å². The number of halogens is 2. The molecular formula is C12H14BrFO2. The summed E-state index contributed by atoms with van der Waals surface area (Å²) in [5.74, 6) is 0.475. The van der Waals surface area contributed by atoms with Crippen molar-refractivity contribution in [3.63, 3.8) is 0 Å². The summed E-state index contributed by atoms with van der Waals surface area (Å²) in [6.07, 6.45) is 1.99. The SMILES string of the molecule is Fc1c(Br)cccc1OCC1CCOCC1. The van der Waals surface area contributed by atoms with Gasteiger partial charge < -0.3 is 9.47 Å². The smallest absolute Gasteiger partial charge is 0.179 e. The second-order valence-corrected chi connectivity index (χ2v) is 4.77. The van der Waals surface area contributed by atoms with E-state index in [0.29, 0.717) is 22.7 Å². The minimum atomic E-state index is -0.324. The highest BCUT2D eigenvalue weighted by Gasteiger charge is 2.15. The van der Waals surface area contributed by atoms with Gasteiger partial charge in [-0.3, -0.25) is 0 Å². The van der Waals surface area contributed by atoms with Gasteiger partial charge in [-0.15, -0.1) is 0 Å². The molecule has 0 N–H and O–H groups in total. The van der Waals surface area contributed by atoms with Crippen LogP contribution in [0.2, 0.25) is 0 Å². The van der Waals surface area contributed by atoms with Gasteiger partial charge in [0.2, 0.25) is 0 Å². The lowest BCUT2D eigenvalue weighted by Gasteiger charge is -2.22. The van der Waals surface area contributed by atoms with Crippen LogP contribution in [0.5, 0.6) is 5.75 Å². The van der Waals surface area contributed by atoms with Crippen LogP contribution in [-0.4, -0.2) is 19.8 Å². The lowest BCUT2D eigenvalue weighted by Crippen LogP contribution is -2.21. The highest BCUT2D eigenvalue weighted by atomic mass is 79.9. The van der Waals surface area contributed by atoms with Gasteiger partial charge in [0, 0.05) is 13.2 Å². The molecule has 0 aromatic heterocycles. The molecule has 1 aliphatic rings. The summed E-state index contributed by atoms with van der Waals surface area (Å²) in [7, 11) is 0. The third-order valence-electron chi connectivity index (χ3n) is 2.73. The molecule has 2 rings (SSSR count). The lowest BCUT2D eigenvalue weighted by atomic mass is 10.0. The van der Waals surface area contributed by atoms with E-state index in [9.17, 15) is 4.39 Å². The van der Waals surface area contributed by atoms with E-state index in [0.717, 1.165) is 26.1 Å². The number of rotatable bonds is 3. The van der Waals surface area contributed by atoms with Crippen molar-refractivity contribution in [2.24, 2.45) is 5.92 Å². The van der Waals surface area contributed by atoms with E-state index in [1.807, 2.05) is 0 Å². The van der Waals surface area contributed by atoms with E-state index in [-0.39, 0.29) is 5.82 Å². The first-order valence-corrected chi connectivity index (χ1v) is 6.21. The van der Waals surface area contributed by atoms with Crippen molar-refractivity contribution in [1.82, 2.24) is 0 Å². The Kier molecular flexibility index (Phi) is 4.18. The summed E-state index contributed by atoms with van der Waals surface area (Å²) in [4.78, 5) is 0. The zero-order valence-corrected chi connectivity index (χ0v) is 10.5. The maximum absolute atomic E-state index is 13.6. The molecule has 88 valence electrons. The normalized spacial score (nSPS) is 17.4. The molecule has 0 aliphatic carbocycles. The van der Waals surface area contributed by atoms with Gasteiger partial charge in [-0.2, -0.15) is 0 Å². The van der Waals surface area contributed by atoms with Gasteiger partial charge in [-0.05, 0) is 46.8 Å². The van der Waals surface area contributed by atoms with Crippen LogP contribution in [0.1, 0.15) is 12.8 Å². The minimum absolute atomic E-state index is 0.320. The zero-order chi connectivity index (χ0) is 11.4. The Balaban J connectivity index is 1.91. The molecule has 0 radical (unpaired) electrons. The predicted molar refractivity (Wildman–Crippen MR) is 63.1 cm³/mol. The average molecular weight is 289 g/mol. The third kappa shape index (κ3) is 2.95. The van der Waals surface area contributed by atoms with Crippen molar-refractivity contribution in [1.29, 1.82) is 0 Å². The summed E-state index contributed by atoms with van der Waals surface area (Å²) >= 11 is 3.14. The van der Waals surface area contributed by atoms with E-state index < -0.39 is 0 Å². The molecule has 0 bridgehead atoms. The highest BCUT2D eigenvalue weighted by Crippen LogP contribution is 2.25. The molecule has 0 saturated carbocycles. The highest BCUT2D eigenvalue weighted by molar-refractivity contribution is 9.10. The van der Waals surface area contributed by atoms with Gasteiger partial charge in [-0.25, -0.2) is 4.39 Å². The van der Waals surface area contributed by atoms with Gasteiger partial charge in [0.1, 0.15) is 0 Å². The molecular weight excluding hydrogens is 275 g/mol. The molecule has 0 atom stereocenters. The van der Waals surface area contributed by atoms with E-state index in [1.54, 1.807) is 18.2 Å². The Bertz CT molecular complexity index is 351. The standard InChI is InChI=1S/C12H14BrFO2/c13-10-2-1-3-11(12(10)14)16-8-9-4-6-15-7-5-9/h1-3,9H,4-8H2. The molecule has 0 amide bonds. The van der Waals surface area contributed by atoms with Gasteiger partial charge in [0.05, 0.1) is 11.1 Å². The monoisotopic (exact) mass is 288 g/mol. The Morgan fingerprint density at radius 2 is 2.12 bits per heavy atom. The second-order valence-electron chi connectivity index (χ2n) is 3.92.